The quantitative estimate of drug-likeness (QED) is 0.785. The Kier molecular flexibility index (Phi) is 2.74. The van der Waals surface area contributed by atoms with Crippen molar-refractivity contribution in [3.05, 3.63) is 51.8 Å². The highest BCUT2D eigenvalue weighted by Crippen LogP contribution is 2.29. The number of halogens is 1. The van der Waals surface area contributed by atoms with Gasteiger partial charge in [-0.25, -0.2) is 0 Å². The van der Waals surface area contributed by atoms with E-state index >= 15 is 0 Å². The van der Waals surface area contributed by atoms with Crippen LogP contribution in [-0.2, 0) is 0 Å². The summed E-state index contributed by atoms with van der Waals surface area (Å²) in [5.74, 6) is 0.725. The lowest BCUT2D eigenvalue weighted by atomic mass is 10.1. The topological polar surface area (TPSA) is 52.0 Å². The largest absolute Gasteiger partial charge is 0.466 e. The van der Waals surface area contributed by atoms with Gasteiger partial charge in [-0.05, 0) is 45.1 Å². The Morgan fingerprint density at radius 2 is 2.29 bits per heavy atom. The first-order valence-corrected chi connectivity index (χ1v) is 6.74. The Morgan fingerprint density at radius 1 is 1.41 bits per heavy atom. The van der Waals surface area contributed by atoms with E-state index in [1.54, 1.807) is 23.8 Å². The lowest BCUT2D eigenvalue weighted by Gasteiger charge is -2.09. The number of furan rings is 1. The summed E-state index contributed by atoms with van der Waals surface area (Å²) in [7, 11) is 0. The van der Waals surface area contributed by atoms with Crippen LogP contribution < -0.4 is 5.73 Å². The van der Waals surface area contributed by atoms with Crippen LogP contribution in [0.25, 0.3) is 10.2 Å². The van der Waals surface area contributed by atoms with Crippen LogP contribution in [0.3, 0.4) is 0 Å². The van der Waals surface area contributed by atoms with E-state index < -0.39 is 0 Å². The molecule has 0 saturated heterocycles. The van der Waals surface area contributed by atoms with Crippen LogP contribution >= 0.6 is 27.3 Å². The van der Waals surface area contributed by atoms with Gasteiger partial charge >= 0.3 is 0 Å². The molecule has 0 amide bonds. The highest BCUT2D eigenvalue weighted by atomic mass is 79.9. The smallest absolute Gasteiger partial charge is 0.139 e. The van der Waals surface area contributed by atoms with Crippen molar-refractivity contribution in [2.45, 2.75) is 6.04 Å². The van der Waals surface area contributed by atoms with Gasteiger partial charge in [-0.3, -0.25) is 4.98 Å². The van der Waals surface area contributed by atoms with Gasteiger partial charge in [-0.2, -0.15) is 0 Å². The molecule has 5 heteroatoms. The molecule has 3 aromatic rings. The third-order valence-electron chi connectivity index (χ3n) is 2.61. The van der Waals surface area contributed by atoms with Crippen LogP contribution in [0.2, 0.25) is 0 Å². The van der Waals surface area contributed by atoms with Crippen LogP contribution in [0, 0.1) is 0 Å². The van der Waals surface area contributed by atoms with Gasteiger partial charge in [0.25, 0.3) is 0 Å². The second-order valence-electron chi connectivity index (χ2n) is 3.68. The van der Waals surface area contributed by atoms with Gasteiger partial charge in [-0.15, -0.1) is 11.3 Å². The van der Waals surface area contributed by atoms with Crippen LogP contribution in [0.4, 0.5) is 0 Å². The fourth-order valence-corrected chi connectivity index (χ4v) is 2.95. The van der Waals surface area contributed by atoms with Gasteiger partial charge in [0.1, 0.15) is 5.76 Å². The van der Waals surface area contributed by atoms with E-state index in [0.717, 1.165) is 26.0 Å². The lowest BCUT2D eigenvalue weighted by Crippen LogP contribution is -2.11. The van der Waals surface area contributed by atoms with Crippen molar-refractivity contribution in [3.63, 3.8) is 0 Å². The average Bonchev–Trinajstić information content (AvgIpc) is 2.95. The molecule has 17 heavy (non-hydrogen) atoms. The van der Waals surface area contributed by atoms with Crippen LogP contribution in [0.5, 0.6) is 0 Å². The van der Waals surface area contributed by atoms with Crippen molar-refractivity contribution in [2.75, 3.05) is 0 Å². The molecule has 2 N–H and O–H groups in total. The van der Waals surface area contributed by atoms with E-state index in [-0.39, 0.29) is 6.04 Å². The number of hydrogen-bond donors (Lipinski definition) is 1. The maximum Gasteiger partial charge on any atom is 0.139 e. The summed E-state index contributed by atoms with van der Waals surface area (Å²) in [5, 5.41) is 2.02. The number of fused-ring (bicyclic) bond motifs is 1. The van der Waals surface area contributed by atoms with E-state index in [2.05, 4.69) is 27.0 Å². The van der Waals surface area contributed by atoms with Gasteiger partial charge in [0.2, 0.25) is 0 Å². The van der Waals surface area contributed by atoms with Gasteiger partial charge in [-0.1, -0.05) is 0 Å². The first kappa shape index (κ1) is 11.0. The third kappa shape index (κ3) is 1.90. The molecule has 3 aromatic heterocycles. The van der Waals surface area contributed by atoms with Gasteiger partial charge in [0.15, 0.2) is 0 Å². The van der Waals surface area contributed by atoms with Crippen molar-refractivity contribution in [2.24, 2.45) is 5.73 Å². The molecular weight excluding hydrogens is 300 g/mol. The van der Waals surface area contributed by atoms with E-state index in [4.69, 9.17) is 10.2 Å². The molecule has 0 saturated carbocycles. The molecule has 1 atom stereocenters. The molecular formula is C12H9BrN2OS. The highest BCUT2D eigenvalue weighted by Gasteiger charge is 2.16. The summed E-state index contributed by atoms with van der Waals surface area (Å²) in [6.45, 7) is 0. The predicted octanol–water partition coefficient (Wildman–Crippen LogP) is 3.70. The zero-order chi connectivity index (χ0) is 11.8. The van der Waals surface area contributed by atoms with E-state index in [1.807, 2.05) is 17.5 Å². The Morgan fingerprint density at radius 3 is 3.06 bits per heavy atom. The van der Waals surface area contributed by atoms with E-state index in [1.165, 1.54) is 0 Å². The Bertz CT molecular complexity index is 661. The predicted molar refractivity (Wildman–Crippen MR) is 72.1 cm³/mol. The average molecular weight is 309 g/mol. The lowest BCUT2D eigenvalue weighted by molar-refractivity contribution is 0.487. The number of pyridine rings is 1. The Labute approximate surface area is 110 Å². The second kappa shape index (κ2) is 4.25. The normalized spacial score (nSPS) is 13.1. The number of hydrogen-bond acceptors (Lipinski definition) is 4. The molecule has 0 aliphatic carbocycles. The molecule has 86 valence electrons. The Hall–Kier alpha value is -1.17. The van der Waals surface area contributed by atoms with Gasteiger partial charge in [0, 0.05) is 6.20 Å². The monoisotopic (exact) mass is 308 g/mol. The fraction of sp³-hybridized carbons (Fsp3) is 0.0833. The minimum atomic E-state index is -0.293. The standard InChI is InChI=1S/C12H9BrN2OS/c13-8-1-3-16-12(8)11(14)7-5-10-9(15-6-7)2-4-17-10/h1-6,11H,14H2. The maximum atomic E-state index is 6.16. The highest BCUT2D eigenvalue weighted by molar-refractivity contribution is 9.10. The molecule has 0 spiro atoms. The van der Waals surface area contributed by atoms with E-state index in [9.17, 15) is 0 Å². The summed E-state index contributed by atoms with van der Waals surface area (Å²) in [6.07, 6.45) is 3.42. The Balaban J connectivity index is 2.06. The van der Waals surface area contributed by atoms with E-state index in [0.29, 0.717) is 0 Å². The molecule has 3 nitrogen and oxygen atoms in total. The van der Waals surface area contributed by atoms with Crippen molar-refractivity contribution in [3.8, 4) is 0 Å². The maximum absolute atomic E-state index is 6.16. The molecule has 0 aromatic carbocycles. The number of thiophene rings is 1. The summed E-state index contributed by atoms with van der Waals surface area (Å²) in [5.41, 5.74) is 8.12. The molecule has 0 aliphatic heterocycles. The number of rotatable bonds is 2. The second-order valence-corrected chi connectivity index (χ2v) is 5.49. The first-order valence-electron chi connectivity index (χ1n) is 5.07. The number of nitrogens with two attached hydrogens (primary N) is 1. The van der Waals surface area contributed by atoms with Crippen LogP contribution in [0.1, 0.15) is 17.4 Å². The SMILES string of the molecule is NC(c1cnc2ccsc2c1)c1occc1Br. The van der Waals surface area contributed by atoms with Crippen molar-refractivity contribution < 1.29 is 4.42 Å². The summed E-state index contributed by atoms with van der Waals surface area (Å²) in [6, 6.07) is 5.61. The molecule has 1 unspecified atom stereocenters. The zero-order valence-electron chi connectivity index (χ0n) is 8.76. The van der Waals surface area contributed by atoms with Crippen LogP contribution in [0.15, 0.2) is 44.9 Å². The molecule has 0 radical (unpaired) electrons. The molecule has 0 fully saturated rings. The van der Waals surface area contributed by atoms with Gasteiger partial charge < -0.3 is 10.2 Å². The molecule has 0 bridgehead atoms. The van der Waals surface area contributed by atoms with Gasteiger partial charge in [0.05, 0.1) is 27.0 Å². The van der Waals surface area contributed by atoms with Crippen molar-refractivity contribution in [1.82, 2.24) is 4.98 Å². The molecule has 3 rings (SSSR count). The fourth-order valence-electron chi connectivity index (χ4n) is 1.71. The minimum Gasteiger partial charge on any atom is -0.466 e. The molecule has 3 heterocycles. The third-order valence-corrected chi connectivity index (χ3v) is 4.12. The first-order chi connectivity index (χ1) is 8.25. The minimum absolute atomic E-state index is 0.293. The summed E-state index contributed by atoms with van der Waals surface area (Å²) >= 11 is 5.07. The zero-order valence-corrected chi connectivity index (χ0v) is 11.2. The summed E-state index contributed by atoms with van der Waals surface area (Å²) in [4.78, 5) is 4.38. The summed E-state index contributed by atoms with van der Waals surface area (Å²) < 4.78 is 7.40. The number of aromatic nitrogens is 1. The molecule has 0 aliphatic rings. The van der Waals surface area contributed by atoms with Crippen molar-refractivity contribution >= 4 is 37.5 Å². The van der Waals surface area contributed by atoms with Crippen LogP contribution in [-0.4, -0.2) is 4.98 Å². The number of nitrogens with zero attached hydrogens (tertiary/aromatic N) is 1. The van der Waals surface area contributed by atoms with Crippen molar-refractivity contribution in [1.29, 1.82) is 0 Å².